The van der Waals surface area contributed by atoms with Gasteiger partial charge in [-0.15, -0.1) is 11.8 Å². The predicted molar refractivity (Wildman–Crippen MR) is 110 cm³/mol. The van der Waals surface area contributed by atoms with Crippen LogP contribution in [-0.2, 0) is 4.79 Å². The Morgan fingerprint density at radius 3 is 2.08 bits per heavy atom. The summed E-state index contributed by atoms with van der Waals surface area (Å²) >= 11 is 1.83. The Balaban J connectivity index is 2.35. The van der Waals surface area contributed by atoms with Gasteiger partial charge in [0.1, 0.15) is 0 Å². The van der Waals surface area contributed by atoms with E-state index in [-0.39, 0.29) is 11.2 Å². The van der Waals surface area contributed by atoms with Crippen molar-refractivity contribution in [1.82, 2.24) is 0 Å². The van der Waals surface area contributed by atoms with Gasteiger partial charge in [-0.3, -0.25) is 4.79 Å². The summed E-state index contributed by atoms with van der Waals surface area (Å²) in [5.41, 5.74) is 1.13. The van der Waals surface area contributed by atoms with Gasteiger partial charge in [0.25, 0.3) is 0 Å². The summed E-state index contributed by atoms with van der Waals surface area (Å²) in [5, 5.41) is 9.97. The number of aliphatic carboxylic acids is 1. The number of carboxylic acids is 1. The first-order valence-corrected chi connectivity index (χ1v) is 10.9. The summed E-state index contributed by atoms with van der Waals surface area (Å²) in [5.74, 6) is -1.07. The molecule has 0 aliphatic carbocycles. The van der Waals surface area contributed by atoms with Crippen molar-refractivity contribution in [1.29, 1.82) is 0 Å². The molecule has 2 nitrogen and oxygen atoms in total. The highest BCUT2D eigenvalue weighted by molar-refractivity contribution is 8.00. The molecule has 0 aliphatic heterocycles. The van der Waals surface area contributed by atoms with Gasteiger partial charge in [0.2, 0.25) is 0 Å². The van der Waals surface area contributed by atoms with Crippen LogP contribution in [0, 0.1) is 5.92 Å². The van der Waals surface area contributed by atoms with Crippen LogP contribution in [0.15, 0.2) is 30.3 Å². The van der Waals surface area contributed by atoms with Crippen LogP contribution in [0.4, 0.5) is 0 Å². The normalized spacial score (nSPS) is 14.8. The lowest BCUT2D eigenvalue weighted by molar-refractivity contribution is -0.141. The maximum absolute atomic E-state index is 11.5. The van der Waals surface area contributed by atoms with Gasteiger partial charge < -0.3 is 5.11 Å². The maximum atomic E-state index is 11.5. The molecule has 0 amide bonds. The Hall–Kier alpha value is -0.960. The van der Waals surface area contributed by atoms with Crippen molar-refractivity contribution in [2.75, 3.05) is 0 Å². The van der Waals surface area contributed by atoms with Crippen LogP contribution in [0.1, 0.15) is 89.4 Å². The fourth-order valence-electron chi connectivity index (χ4n) is 3.14. The summed E-state index contributed by atoms with van der Waals surface area (Å²) < 4.78 is 0. The monoisotopic (exact) mass is 364 g/mol. The average Bonchev–Trinajstić information content (AvgIpc) is 2.62. The minimum absolute atomic E-state index is 0.0303. The Labute approximate surface area is 158 Å². The number of carbonyl (C=O) groups is 1. The fraction of sp³-hybridized carbons (Fsp3) is 0.682. The van der Waals surface area contributed by atoms with E-state index in [0.29, 0.717) is 5.25 Å². The minimum Gasteiger partial charge on any atom is -0.481 e. The summed E-state index contributed by atoms with van der Waals surface area (Å²) in [6, 6.07) is 10.1. The standard InChI is InChI=1S/C22H36O2S/c1-4-5-6-7-8-9-10-12-15-18(2)25-21(19(3)22(23)24)20-16-13-11-14-17-20/h11,13-14,16-19,21H,4-10,12,15H2,1-3H3,(H,23,24). The number of carboxylic acid groups (broad SMARTS) is 1. The molecular formula is C22H36O2S. The molecule has 0 fully saturated rings. The lowest BCUT2D eigenvalue weighted by Gasteiger charge is -2.24. The van der Waals surface area contributed by atoms with Gasteiger partial charge in [-0.25, -0.2) is 0 Å². The molecule has 0 heterocycles. The SMILES string of the molecule is CCCCCCCCCCC(C)SC(c1ccccc1)C(C)C(=O)O. The third-order valence-electron chi connectivity index (χ3n) is 4.81. The first-order valence-electron chi connectivity index (χ1n) is 9.99. The van der Waals surface area contributed by atoms with E-state index in [4.69, 9.17) is 0 Å². The lowest BCUT2D eigenvalue weighted by atomic mass is 10.0. The van der Waals surface area contributed by atoms with Crippen molar-refractivity contribution in [2.45, 2.75) is 89.1 Å². The van der Waals surface area contributed by atoms with Gasteiger partial charge >= 0.3 is 5.97 Å². The van der Waals surface area contributed by atoms with Crippen molar-refractivity contribution in [3.63, 3.8) is 0 Å². The van der Waals surface area contributed by atoms with Crippen LogP contribution in [0.3, 0.4) is 0 Å². The largest absolute Gasteiger partial charge is 0.481 e. The quantitative estimate of drug-likeness (QED) is 0.358. The second kappa shape index (κ2) is 13.3. The van der Waals surface area contributed by atoms with Crippen LogP contribution < -0.4 is 0 Å². The summed E-state index contributed by atoms with van der Waals surface area (Å²) in [6.45, 7) is 6.33. The molecule has 1 aromatic rings. The van der Waals surface area contributed by atoms with Crippen molar-refractivity contribution in [2.24, 2.45) is 5.92 Å². The van der Waals surface area contributed by atoms with Gasteiger partial charge in [-0.05, 0) is 12.0 Å². The molecule has 3 atom stereocenters. The number of hydrogen-bond donors (Lipinski definition) is 1. The van der Waals surface area contributed by atoms with E-state index < -0.39 is 5.97 Å². The second-order valence-electron chi connectivity index (χ2n) is 7.17. The van der Waals surface area contributed by atoms with E-state index >= 15 is 0 Å². The highest BCUT2D eigenvalue weighted by atomic mass is 32.2. The predicted octanol–water partition coefficient (Wildman–Crippen LogP) is 7.10. The third kappa shape index (κ3) is 9.34. The highest BCUT2D eigenvalue weighted by Gasteiger charge is 2.27. The minimum atomic E-state index is -0.708. The van der Waals surface area contributed by atoms with E-state index in [2.05, 4.69) is 26.0 Å². The number of hydrogen-bond acceptors (Lipinski definition) is 2. The molecule has 1 rings (SSSR count). The first kappa shape index (κ1) is 22.1. The number of rotatable bonds is 14. The van der Waals surface area contributed by atoms with E-state index in [1.54, 1.807) is 0 Å². The molecule has 142 valence electrons. The number of benzene rings is 1. The van der Waals surface area contributed by atoms with Crippen LogP contribution in [0.25, 0.3) is 0 Å². The summed E-state index contributed by atoms with van der Waals surface area (Å²) in [7, 11) is 0. The van der Waals surface area contributed by atoms with Crippen LogP contribution in [-0.4, -0.2) is 16.3 Å². The zero-order valence-electron chi connectivity index (χ0n) is 16.2. The molecule has 3 heteroatoms. The molecule has 1 aromatic carbocycles. The molecule has 0 saturated heterocycles. The van der Waals surface area contributed by atoms with E-state index in [9.17, 15) is 9.90 Å². The fourth-order valence-corrected chi connectivity index (χ4v) is 4.61. The van der Waals surface area contributed by atoms with E-state index in [1.165, 1.54) is 57.8 Å². The van der Waals surface area contributed by atoms with Crippen molar-refractivity contribution >= 4 is 17.7 Å². The molecular weight excluding hydrogens is 328 g/mol. The Kier molecular flexibility index (Phi) is 11.7. The molecule has 0 aliphatic rings. The molecule has 0 radical (unpaired) electrons. The Morgan fingerprint density at radius 2 is 1.52 bits per heavy atom. The van der Waals surface area contributed by atoms with Gasteiger partial charge in [-0.1, -0.05) is 102 Å². The Morgan fingerprint density at radius 1 is 0.960 bits per heavy atom. The Bertz CT molecular complexity index is 460. The van der Waals surface area contributed by atoms with Gasteiger partial charge in [-0.2, -0.15) is 0 Å². The highest BCUT2D eigenvalue weighted by Crippen LogP contribution is 2.40. The topological polar surface area (TPSA) is 37.3 Å². The molecule has 25 heavy (non-hydrogen) atoms. The maximum Gasteiger partial charge on any atom is 0.307 e. The van der Waals surface area contributed by atoms with Crippen LogP contribution in [0.2, 0.25) is 0 Å². The van der Waals surface area contributed by atoms with Gasteiger partial charge in [0.15, 0.2) is 0 Å². The van der Waals surface area contributed by atoms with Gasteiger partial charge in [0.05, 0.1) is 5.92 Å². The molecule has 0 saturated carbocycles. The lowest BCUT2D eigenvalue weighted by Crippen LogP contribution is -2.18. The molecule has 0 spiro atoms. The zero-order valence-corrected chi connectivity index (χ0v) is 17.1. The molecule has 1 N–H and O–H groups in total. The zero-order chi connectivity index (χ0) is 18.5. The average molecular weight is 365 g/mol. The van der Waals surface area contributed by atoms with E-state index in [0.717, 1.165) is 5.56 Å². The second-order valence-corrected chi connectivity index (χ2v) is 8.75. The molecule has 0 aromatic heterocycles. The smallest absolute Gasteiger partial charge is 0.307 e. The first-order chi connectivity index (χ1) is 12.1. The van der Waals surface area contributed by atoms with Gasteiger partial charge in [0, 0.05) is 10.5 Å². The van der Waals surface area contributed by atoms with Crippen molar-refractivity contribution < 1.29 is 9.90 Å². The summed E-state index contributed by atoms with van der Waals surface area (Å²) in [4.78, 5) is 11.5. The van der Waals surface area contributed by atoms with Crippen LogP contribution >= 0.6 is 11.8 Å². The van der Waals surface area contributed by atoms with E-state index in [1.807, 2.05) is 36.9 Å². The summed E-state index contributed by atoms with van der Waals surface area (Å²) in [6.07, 6.45) is 11.9. The number of unbranched alkanes of at least 4 members (excludes halogenated alkanes) is 7. The van der Waals surface area contributed by atoms with Crippen LogP contribution in [0.5, 0.6) is 0 Å². The molecule has 3 unspecified atom stereocenters. The third-order valence-corrected chi connectivity index (χ3v) is 6.49. The number of thioether (sulfide) groups is 1. The molecule has 0 bridgehead atoms. The van der Waals surface area contributed by atoms with Crippen molar-refractivity contribution in [3.8, 4) is 0 Å². The van der Waals surface area contributed by atoms with Crippen molar-refractivity contribution in [3.05, 3.63) is 35.9 Å².